The van der Waals surface area contributed by atoms with Crippen LogP contribution in [0.5, 0.6) is 0 Å². The first-order chi connectivity index (χ1) is 12.8. The average molecular weight is 358 g/mol. The van der Waals surface area contributed by atoms with Gasteiger partial charge in [-0.15, -0.1) is 0 Å². The van der Waals surface area contributed by atoms with E-state index in [4.69, 9.17) is 18.9 Å². The molecule has 6 atom stereocenters. The van der Waals surface area contributed by atoms with Gasteiger partial charge in [0.2, 0.25) is 0 Å². The van der Waals surface area contributed by atoms with E-state index in [2.05, 4.69) is 0 Å². The molecule has 2 aromatic rings. The summed E-state index contributed by atoms with van der Waals surface area (Å²) < 4.78 is 23.6. The summed E-state index contributed by atoms with van der Waals surface area (Å²) in [6.45, 7) is -0.140. The van der Waals surface area contributed by atoms with Crippen molar-refractivity contribution in [2.24, 2.45) is 0 Å². The van der Waals surface area contributed by atoms with Crippen LogP contribution in [-0.4, -0.2) is 47.8 Å². The molecule has 2 saturated heterocycles. The van der Waals surface area contributed by atoms with Crippen LogP contribution in [0.1, 0.15) is 23.7 Å². The van der Waals surface area contributed by atoms with Crippen LogP contribution >= 0.6 is 0 Å². The van der Waals surface area contributed by atoms with Crippen LogP contribution in [0.2, 0.25) is 0 Å². The van der Waals surface area contributed by atoms with E-state index < -0.39 is 37.0 Å². The van der Waals surface area contributed by atoms with Gasteiger partial charge in [-0.05, 0) is 0 Å². The Hall–Kier alpha value is -1.80. The minimum atomic E-state index is -1.03. The van der Waals surface area contributed by atoms with Gasteiger partial charge >= 0.3 is 0 Å². The van der Waals surface area contributed by atoms with Gasteiger partial charge < -0.3 is 29.2 Å². The monoisotopic (exact) mass is 358 g/mol. The topological polar surface area (TPSA) is 77.4 Å². The Morgan fingerprint density at radius 1 is 0.808 bits per heavy atom. The minimum Gasteiger partial charge on any atom is -0.394 e. The van der Waals surface area contributed by atoms with E-state index in [1.165, 1.54) is 0 Å². The van der Waals surface area contributed by atoms with Gasteiger partial charge in [-0.1, -0.05) is 60.7 Å². The molecule has 2 N–H and O–H groups in total. The first-order valence-corrected chi connectivity index (χ1v) is 8.73. The number of ether oxygens (including phenoxy) is 4. The molecule has 4 rings (SSSR count). The zero-order valence-corrected chi connectivity index (χ0v) is 14.2. The van der Waals surface area contributed by atoms with Crippen LogP contribution in [0.25, 0.3) is 0 Å². The van der Waals surface area contributed by atoms with Crippen molar-refractivity contribution in [1.29, 1.82) is 0 Å². The Balaban J connectivity index is 1.55. The highest BCUT2D eigenvalue weighted by Crippen LogP contribution is 2.37. The number of rotatable bonds is 3. The molecule has 2 fully saturated rings. The summed E-state index contributed by atoms with van der Waals surface area (Å²) in [5.41, 5.74) is 1.68. The van der Waals surface area contributed by atoms with Gasteiger partial charge in [-0.3, -0.25) is 0 Å². The maximum Gasteiger partial charge on any atom is 0.184 e. The minimum absolute atomic E-state index is 0.211. The molecule has 0 saturated carbocycles. The quantitative estimate of drug-likeness (QED) is 0.873. The van der Waals surface area contributed by atoms with E-state index >= 15 is 0 Å². The fraction of sp³-hybridized carbons (Fsp3) is 0.400. The highest BCUT2D eigenvalue weighted by molar-refractivity contribution is 5.18. The average Bonchev–Trinajstić information content (AvgIpc) is 3.12. The third-order valence-electron chi connectivity index (χ3n) is 4.70. The number of benzene rings is 2. The molecule has 0 aromatic heterocycles. The van der Waals surface area contributed by atoms with Gasteiger partial charge in [-0.2, -0.15) is 0 Å². The van der Waals surface area contributed by atoms with Crippen molar-refractivity contribution in [3.63, 3.8) is 0 Å². The SMILES string of the molecule is OC[C@@H]1OC(c2ccccc2)OC[C@H]2OC(c3ccccc3)O[C@@H]2[C@H]1O. The molecule has 138 valence electrons. The molecule has 6 nitrogen and oxygen atoms in total. The van der Waals surface area contributed by atoms with Crippen LogP contribution in [0, 0.1) is 0 Å². The summed E-state index contributed by atoms with van der Waals surface area (Å²) in [4.78, 5) is 0. The summed E-state index contributed by atoms with van der Waals surface area (Å²) in [6.07, 6.45) is -4.26. The molecule has 0 radical (unpaired) electrons. The van der Waals surface area contributed by atoms with Crippen LogP contribution in [0.3, 0.4) is 0 Å². The van der Waals surface area contributed by atoms with E-state index in [-0.39, 0.29) is 13.2 Å². The predicted octanol–water partition coefficient (Wildman–Crippen LogP) is 1.94. The highest BCUT2D eigenvalue weighted by Gasteiger charge is 2.46. The second kappa shape index (κ2) is 7.84. The molecule has 0 bridgehead atoms. The fourth-order valence-corrected chi connectivity index (χ4v) is 3.31. The van der Waals surface area contributed by atoms with E-state index in [0.29, 0.717) is 0 Å². The summed E-state index contributed by atoms with van der Waals surface area (Å²) in [5, 5.41) is 20.4. The summed E-state index contributed by atoms with van der Waals surface area (Å²) >= 11 is 0. The third-order valence-corrected chi connectivity index (χ3v) is 4.70. The third kappa shape index (κ3) is 3.53. The lowest BCUT2D eigenvalue weighted by molar-refractivity contribution is -0.241. The maximum atomic E-state index is 10.7. The molecule has 2 unspecified atom stereocenters. The molecular weight excluding hydrogens is 336 g/mol. The Morgan fingerprint density at radius 3 is 2.04 bits per heavy atom. The van der Waals surface area contributed by atoms with E-state index in [0.717, 1.165) is 11.1 Å². The van der Waals surface area contributed by atoms with Crippen molar-refractivity contribution < 1.29 is 29.2 Å². The standard InChI is InChI=1S/C20H22O6/c21-11-15-17(22)18-16(25-20(26-18)14-9-5-2-6-10-14)12-23-19(24-15)13-7-3-1-4-8-13/h1-10,15-22H,11-12H2/t15-,16+,17-,18-,19?,20?/m0/s1. The molecule has 0 aliphatic carbocycles. The molecule has 2 aromatic carbocycles. The normalized spacial score (nSPS) is 34.7. The molecule has 2 aliphatic rings. The second-order valence-corrected chi connectivity index (χ2v) is 6.44. The first-order valence-electron chi connectivity index (χ1n) is 8.73. The maximum absolute atomic E-state index is 10.7. The molecule has 26 heavy (non-hydrogen) atoms. The van der Waals surface area contributed by atoms with Crippen molar-refractivity contribution >= 4 is 0 Å². The molecule has 0 spiro atoms. The van der Waals surface area contributed by atoms with Crippen LogP contribution in [0.15, 0.2) is 60.7 Å². The molecule has 6 heteroatoms. The summed E-state index contributed by atoms with van der Waals surface area (Å²) in [5.74, 6) is 0. The summed E-state index contributed by atoms with van der Waals surface area (Å²) in [7, 11) is 0. The Bertz CT molecular complexity index is 694. The second-order valence-electron chi connectivity index (χ2n) is 6.44. The van der Waals surface area contributed by atoms with Gasteiger partial charge in [0, 0.05) is 11.1 Å². The largest absolute Gasteiger partial charge is 0.394 e. The number of fused-ring (bicyclic) bond motifs is 1. The van der Waals surface area contributed by atoms with Crippen LogP contribution < -0.4 is 0 Å². The van der Waals surface area contributed by atoms with Crippen molar-refractivity contribution in [3.05, 3.63) is 71.8 Å². The van der Waals surface area contributed by atoms with Gasteiger partial charge in [0.1, 0.15) is 24.4 Å². The zero-order valence-electron chi connectivity index (χ0n) is 14.2. The Labute approximate surface area is 151 Å². The Morgan fingerprint density at radius 2 is 1.42 bits per heavy atom. The smallest absolute Gasteiger partial charge is 0.184 e. The predicted molar refractivity (Wildman–Crippen MR) is 92.0 cm³/mol. The van der Waals surface area contributed by atoms with E-state index in [1.54, 1.807) is 0 Å². The van der Waals surface area contributed by atoms with Crippen molar-refractivity contribution in [2.75, 3.05) is 13.2 Å². The van der Waals surface area contributed by atoms with Gasteiger partial charge in [0.15, 0.2) is 12.6 Å². The van der Waals surface area contributed by atoms with Gasteiger partial charge in [-0.25, -0.2) is 0 Å². The van der Waals surface area contributed by atoms with Crippen LogP contribution in [-0.2, 0) is 18.9 Å². The zero-order chi connectivity index (χ0) is 17.9. The number of hydrogen-bond donors (Lipinski definition) is 2. The van der Waals surface area contributed by atoms with E-state index in [1.807, 2.05) is 60.7 Å². The van der Waals surface area contributed by atoms with E-state index in [9.17, 15) is 10.2 Å². The molecule has 2 aliphatic heterocycles. The highest BCUT2D eigenvalue weighted by atomic mass is 16.8. The van der Waals surface area contributed by atoms with Crippen LogP contribution in [0.4, 0.5) is 0 Å². The molecular formula is C20H22O6. The fourth-order valence-electron chi connectivity index (χ4n) is 3.31. The van der Waals surface area contributed by atoms with Gasteiger partial charge in [0.05, 0.1) is 13.2 Å². The van der Waals surface area contributed by atoms with Crippen molar-refractivity contribution in [2.45, 2.75) is 37.0 Å². The molecule has 2 heterocycles. The lowest BCUT2D eigenvalue weighted by Crippen LogP contribution is -2.49. The lowest BCUT2D eigenvalue weighted by atomic mass is 10.0. The summed E-state index contributed by atoms with van der Waals surface area (Å²) in [6, 6.07) is 19.0. The number of aliphatic hydroxyl groups is 2. The van der Waals surface area contributed by atoms with Gasteiger partial charge in [0.25, 0.3) is 0 Å². The Kier molecular flexibility index (Phi) is 5.31. The number of hydrogen-bond acceptors (Lipinski definition) is 6. The van der Waals surface area contributed by atoms with Crippen molar-refractivity contribution in [3.8, 4) is 0 Å². The van der Waals surface area contributed by atoms with Crippen molar-refractivity contribution in [1.82, 2.24) is 0 Å². The molecule has 0 amide bonds. The lowest BCUT2D eigenvalue weighted by Gasteiger charge is -2.34. The first kappa shape index (κ1) is 17.6. The number of aliphatic hydroxyl groups excluding tert-OH is 2.